The first-order chi connectivity index (χ1) is 8.14. The summed E-state index contributed by atoms with van der Waals surface area (Å²) >= 11 is 0. The maximum Gasteiger partial charge on any atom is 0.310 e. The molecule has 0 aromatic carbocycles. The smallest absolute Gasteiger partial charge is 0.310 e. The first-order valence-electron chi connectivity index (χ1n) is 5.76. The van der Waals surface area contributed by atoms with E-state index in [1.165, 1.54) is 7.11 Å². The Morgan fingerprint density at radius 1 is 1.18 bits per heavy atom. The summed E-state index contributed by atoms with van der Waals surface area (Å²) in [7, 11) is 1.35. The lowest BCUT2D eigenvalue weighted by atomic mass is 10.1. The minimum atomic E-state index is -0.909. The molecular formula is C11H18O6. The Bertz CT molecular complexity index is 274. The average molecular weight is 246 g/mol. The fourth-order valence-corrected chi connectivity index (χ4v) is 1.95. The van der Waals surface area contributed by atoms with Crippen molar-refractivity contribution in [3.05, 3.63) is 0 Å². The van der Waals surface area contributed by atoms with E-state index in [2.05, 4.69) is 4.74 Å². The second-order valence-corrected chi connectivity index (χ2v) is 4.20. The molecule has 0 radical (unpaired) electrons. The van der Waals surface area contributed by atoms with Crippen LogP contribution in [0.15, 0.2) is 0 Å². The number of rotatable bonds is 3. The number of esters is 1. The van der Waals surface area contributed by atoms with Crippen LogP contribution in [0.5, 0.6) is 0 Å². The number of carbonyl (C=O) groups excluding carboxylic acids is 1. The molecule has 0 amide bonds. The summed E-state index contributed by atoms with van der Waals surface area (Å²) < 4.78 is 26.9. The van der Waals surface area contributed by atoms with Crippen LogP contribution >= 0.6 is 0 Å². The zero-order valence-electron chi connectivity index (χ0n) is 10.2. The summed E-state index contributed by atoms with van der Waals surface area (Å²) in [4.78, 5) is 11.3. The molecule has 2 rings (SSSR count). The normalized spacial score (nSPS) is 26.0. The Morgan fingerprint density at radius 2 is 1.76 bits per heavy atom. The van der Waals surface area contributed by atoms with E-state index in [9.17, 15) is 4.79 Å². The van der Waals surface area contributed by atoms with Crippen molar-refractivity contribution >= 4 is 5.97 Å². The fraction of sp³-hybridized carbons (Fsp3) is 0.909. The van der Waals surface area contributed by atoms with Gasteiger partial charge in [-0.05, 0) is 6.42 Å². The molecule has 2 aliphatic rings. The highest BCUT2D eigenvalue weighted by molar-refractivity contribution is 5.70. The van der Waals surface area contributed by atoms with Crippen LogP contribution in [-0.2, 0) is 28.5 Å². The van der Waals surface area contributed by atoms with Crippen molar-refractivity contribution in [1.82, 2.24) is 0 Å². The molecule has 0 aliphatic carbocycles. The molecule has 1 spiro atoms. The van der Waals surface area contributed by atoms with Gasteiger partial charge in [-0.3, -0.25) is 4.79 Å². The highest BCUT2D eigenvalue weighted by atomic mass is 16.8. The Morgan fingerprint density at radius 3 is 2.24 bits per heavy atom. The van der Waals surface area contributed by atoms with Gasteiger partial charge in [0.25, 0.3) is 0 Å². The molecule has 2 aliphatic heterocycles. The van der Waals surface area contributed by atoms with Crippen LogP contribution in [-0.4, -0.2) is 51.1 Å². The molecule has 0 atom stereocenters. The van der Waals surface area contributed by atoms with Crippen molar-refractivity contribution < 1.29 is 28.5 Å². The number of carbonyl (C=O) groups is 1. The van der Waals surface area contributed by atoms with E-state index < -0.39 is 11.6 Å². The Balaban J connectivity index is 1.96. The van der Waals surface area contributed by atoms with Crippen LogP contribution in [0.2, 0.25) is 0 Å². The van der Waals surface area contributed by atoms with Gasteiger partial charge in [0.2, 0.25) is 5.79 Å². The maximum atomic E-state index is 11.3. The van der Waals surface area contributed by atoms with Crippen molar-refractivity contribution in [2.24, 2.45) is 0 Å². The molecular weight excluding hydrogens is 228 g/mol. The quantitative estimate of drug-likeness (QED) is 0.673. The minimum Gasteiger partial charge on any atom is -0.469 e. The zero-order chi connectivity index (χ0) is 12.4. The molecule has 6 nitrogen and oxygen atoms in total. The largest absolute Gasteiger partial charge is 0.469 e. The Kier molecular flexibility index (Phi) is 3.67. The highest BCUT2D eigenvalue weighted by Gasteiger charge is 2.48. The summed E-state index contributed by atoms with van der Waals surface area (Å²) in [6, 6.07) is 0. The van der Waals surface area contributed by atoms with Crippen molar-refractivity contribution in [3.63, 3.8) is 0 Å². The average Bonchev–Trinajstić information content (AvgIpc) is 2.81. The van der Waals surface area contributed by atoms with Crippen LogP contribution in [0, 0.1) is 0 Å². The van der Waals surface area contributed by atoms with Crippen LogP contribution in [0.25, 0.3) is 0 Å². The maximum absolute atomic E-state index is 11.3. The van der Waals surface area contributed by atoms with Gasteiger partial charge in [0.1, 0.15) is 13.2 Å². The van der Waals surface area contributed by atoms with Gasteiger partial charge in [-0.2, -0.15) is 0 Å². The van der Waals surface area contributed by atoms with Crippen molar-refractivity contribution in [3.8, 4) is 0 Å². The molecule has 0 unspecified atom stereocenters. The van der Waals surface area contributed by atoms with Gasteiger partial charge in [-0.25, -0.2) is 0 Å². The molecule has 6 heteroatoms. The topological polar surface area (TPSA) is 63.2 Å². The predicted molar refractivity (Wildman–Crippen MR) is 56.2 cm³/mol. The summed E-state index contributed by atoms with van der Waals surface area (Å²) in [5, 5.41) is 0. The van der Waals surface area contributed by atoms with E-state index in [1.54, 1.807) is 0 Å². The van der Waals surface area contributed by atoms with Gasteiger partial charge in [0.05, 0.1) is 26.7 Å². The lowest BCUT2D eigenvalue weighted by molar-refractivity contribution is -0.362. The second kappa shape index (κ2) is 4.89. The van der Waals surface area contributed by atoms with Gasteiger partial charge in [-0.1, -0.05) is 6.92 Å². The molecule has 2 heterocycles. The first-order valence-corrected chi connectivity index (χ1v) is 5.76. The molecule has 98 valence electrons. The second-order valence-electron chi connectivity index (χ2n) is 4.20. The van der Waals surface area contributed by atoms with Crippen LogP contribution in [0.4, 0.5) is 0 Å². The van der Waals surface area contributed by atoms with Crippen molar-refractivity contribution in [1.29, 1.82) is 0 Å². The Labute approximate surface area is 100 Å². The predicted octanol–water partition coefficient (Wildman–Crippen LogP) is 0.446. The van der Waals surface area contributed by atoms with E-state index in [1.807, 2.05) is 6.92 Å². The third kappa shape index (κ3) is 2.60. The lowest BCUT2D eigenvalue weighted by Gasteiger charge is -2.42. The molecule has 0 aromatic heterocycles. The van der Waals surface area contributed by atoms with Gasteiger partial charge < -0.3 is 23.7 Å². The lowest BCUT2D eigenvalue weighted by Crippen LogP contribution is -2.54. The molecule has 2 fully saturated rings. The number of ether oxygens (including phenoxy) is 5. The van der Waals surface area contributed by atoms with E-state index in [4.69, 9.17) is 18.9 Å². The molecule has 2 saturated heterocycles. The van der Waals surface area contributed by atoms with E-state index in [0.29, 0.717) is 19.6 Å². The van der Waals surface area contributed by atoms with Gasteiger partial charge in [0, 0.05) is 0 Å². The van der Waals surface area contributed by atoms with E-state index in [-0.39, 0.29) is 25.6 Å². The molecule has 0 bridgehead atoms. The van der Waals surface area contributed by atoms with Crippen molar-refractivity contribution in [2.75, 3.05) is 33.5 Å². The summed E-state index contributed by atoms with van der Waals surface area (Å²) in [6.45, 7) is 3.54. The monoisotopic (exact) mass is 246 g/mol. The van der Waals surface area contributed by atoms with E-state index >= 15 is 0 Å². The summed E-state index contributed by atoms with van der Waals surface area (Å²) in [6.07, 6.45) is 0.647. The minimum absolute atomic E-state index is 0.0794. The van der Waals surface area contributed by atoms with E-state index in [0.717, 1.165) is 0 Å². The van der Waals surface area contributed by atoms with Gasteiger partial charge in [0.15, 0.2) is 5.79 Å². The highest BCUT2D eigenvalue weighted by Crippen LogP contribution is 2.34. The SMILES string of the molecule is CCC1(CC(=O)OC)OCC2(CO1)OCCO2. The molecule has 0 saturated carbocycles. The number of methoxy groups -OCH3 is 1. The molecule has 17 heavy (non-hydrogen) atoms. The van der Waals surface area contributed by atoms with Gasteiger partial charge >= 0.3 is 5.97 Å². The first kappa shape index (κ1) is 12.8. The summed E-state index contributed by atoms with van der Waals surface area (Å²) in [5.74, 6) is -2.04. The van der Waals surface area contributed by atoms with Crippen LogP contribution in [0.3, 0.4) is 0 Å². The third-order valence-electron chi connectivity index (χ3n) is 3.10. The zero-order valence-corrected chi connectivity index (χ0v) is 10.2. The number of hydrogen-bond acceptors (Lipinski definition) is 6. The van der Waals surface area contributed by atoms with Crippen molar-refractivity contribution in [2.45, 2.75) is 31.3 Å². The fourth-order valence-electron chi connectivity index (χ4n) is 1.95. The van der Waals surface area contributed by atoms with Crippen LogP contribution in [0.1, 0.15) is 19.8 Å². The van der Waals surface area contributed by atoms with Crippen LogP contribution < -0.4 is 0 Å². The molecule has 0 N–H and O–H groups in total. The molecule has 0 aromatic rings. The standard InChI is InChI=1S/C11H18O6/c1-3-10(6-9(12)13-2)16-7-11(8-17-10)14-4-5-15-11/h3-8H2,1-2H3. The Hall–Kier alpha value is -0.690. The van der Waals surface area contributed by atoms with Gasteiger partial charge in [-0.15, -0.1) is 0 Å². The third-order valence-corrected chi connectivity index (χ3v) is 3.10. The summed E-state index contributed by atoms with van der Waals surface area (Å²) in [5.41, 5.74) is 0. The number of hydrogen-bond donors (Lipinski definition) is 0.